The summed E-state index contributed by atoms with van der Waals surface area (Å²) < 4.78 is 5.36. The van der Waals surface area contributed by atoms with Crippen LogP contribution in [0, 0.1) is 6.92 Å². The first kappa shape index (κ1) is 14.2. The maximum atomic E-state index is 5.36. The Balaban J connectivity index is 2.21. The van der Waals surface area contributed by atoms with Crippen LogP contribution in [-0.4, -0.2) is 38.3 Å². The summed E-state index contributed by atoms with van der Waals surface area (Å²) in [5, 5.41) is 0. The summed E-state index contributed by atoms with van der Waals surface area (Å²) in [5.74, 6) is 0. The molecule has 0 atom stereocenters. The largest absolute Gasteiger partial charge is 0.380 e. The molecule has 0 radical (unpaired) electrons. The fourth-order valence-corrected chi connectivity index (χ4v) is 1.78. The van der Waals surface area contributed by atoms with Gasteiger partial charge in [0.2, 0.25) is 0 Å². The van der Waals surface area contributed by atoms with E-state index in [1.807, 2.05) is 0 Å². The highest BCUT2D eigenvalue weighted by Crippen LogP contribution is 2.09. The lowest BCUT2D eigenvalue weighted by Crippen LogP contribution is -2.21. The van der Waals surface area contributed by atoms with Gasteiger partial charge in [-0.2, -0.15) is 0 Å². The predicted octanol–water partition coefficient (Wildman–Crippen LogP) is 1.79. The topological polar surface area (TPSA) is 38.5 Å². The molecule has 1 aromatic rings. The van der Waals surface area contributed by atoms with Crippen molar-refractivity contribution in [2.45, 2.75) is 19.9 Å². The van der Waals surface area contributed by atoms with Crippen molar-refractivity contribution in [2.75, 3.05) is 33.4 Å². The van der Waals surface area contributed by atoms with E-state index in [2.05, 4.69) is 43.1 Å². The monoisotopic (exact) mass is 236 g/mol. The minimum absolute atomic E-state index is 0.610. The molecule has 3 heteroatoms. The third-order valence-corrected chi connectivity index (χ3v) is 2.79. The average Bonchev–Trinajstić information content (AvgIpc) is 2.32. The minimum atomic E-state index is 0.610. The van der Waals surface area contributed by atoms with Crippen molar-refractivity contribution < 1.29 is 4.74 Å². The number of ether oxygens (including phenoxy) is 1. The number of benzene rings is 1. The molecule has 2 N–H and O–H groups in total. The number of hydrogen-bond acceptors (Lipinski definition) is 3. The van der Waals surface area contributed by atoms with Gasteiger partial charge >= 0.3 is 0 Å². The molecule has 1 aromatic carbocycles. The van der Waals surface area contributed by atoms with Crippen molar-refractivity contribution in [1.29, 1.82) is 0 Å². The molecule has 0 aromatic heterocycles. The van der Waals surface area contributed by atoms with E-state index >= 15 is 0 Å². The van der Waals surface area contributed by atoms with Gasteiger partial charge in [0.15, 0.2) is 0 Å². The van der Waals surface area contributed by atoms with Gasteiger partial charge in [-0.3, -0.25) is 0 Å². The molecule has 0 amide bonds. The van der Waals surface area contributed by atoms with E-state index in [0.717, 1.165) is 26.1 Å². The highest BCUT2D eigenvalue weighted by molar-refractivity contribution is 5.25. The molecule has 0 heterocycles. The molecule has 0 fully saturated rings. The first-order valence-electron chi connectivity index (χ1n) is 6.25. The van der Waals surface area contributed by atoms with Crippen LogP contribution in [0.2, 0.25) is 0 Å². The summed E-state index contributed by atoms with van der Waals surface area (Å²) in [7, 11) is 2.15. The first-order valence-corrected chi connectivity index (χ1v) is 6.25. The normalized spacial score (nSPS) is 11.1. The number of aryl methyl sites for hydroxylation is 1. The SMILES string of the molecule is Cc1ccccc1CN(C)CCCOCCN. The third-order valence-electron chi connectivity index (χ3n) is 2.79. The summed E-state index contributed by atoms with van der Waals surface area (Å²) >= 11 is 0. The van der Waals surface area contributed by atoms with Crippen LogP contribution in [0.3, 0.4) is 0 Å². The zero-order valence-electron chi connectivity index (χ0n) is 11.0. The molecule has 0 spiro atoms. The molecule has 1 rings (SSSR count). The van der Waals surface area contributed by atoms with E-state index in [-0.39, 0.29) is 0 Å². The van der Waals surface area contributed by atoms with Crippen molar-refractivity contribution in [3.63, 3.8) is 0 Å². The zero-order chi connectivity index (χ0) is 12.5. The van der Waals surface area contributed by atoms with E-state index in [1.165, 1.54) is 11.1 Å². The Morgan fingerprint density at radius 2 is 2.00 bits per heavy atom. The number of rotatable bonds is 8. The molecule has 0 saturated carbocycles. The van der Waals surface area contributed by atoms with E-state index in [4.69, 9.17) is 10.5 Å². The van der Waals surface area contributed by atoms with Gasteiger partial charge in [0.25, 0.3) is 0 Å². The highest BCUT2D eigenvalue weighted by Gasteiger charge is 2.02. The van der Waals surface area contributed by atoms with Crippen LogP contribution >= 0.6 is 0 Å². The van der Waals surface area contributed by atoms with Gasteiger partial charge in [0, 0.05) is 26.2 Å². The molecular formula is C14H24N2O. The fourth-order valence-electron chi connectivity index (χ4n) is 1.78. The summed E-state index contributed by atoms with van der Waals surface area (Å²) in [5.41, 5.74) is 8.11. The summed E-state index contributed by atoms with van der Waals surface area (Å²) in [6.45, 7) is 6.30. The van der Waals surface area contributed by atoms with Crippen LogP contribution in [0.15, 0.2) is 24.3 Å². The van der Waals surface area contributed by atoms with Crippen LogP contribution in [0.1, 0.15) is 17.5 Å². The van der Waals surface area contributed by atoms with Crippen molar-refractivity contribution >= 4 is 0 Å². The molecule has 0 aliphatic heterocycles. The lowest BCUT2D eigenvalue weighted by Gasteiger charge is -2.17. The molecule has 0 saturated heterocycles. The maximum absolute atomic E-state index is 5.36. The Kier molecular flexibility index (Phi) is 6.86. The summed E-state index contributed by atoms with van der Waals surface area (Å²) in [4.78, 5) is 2.33. The van der Waals surface area contributed by atoms with Crippen molar-refractivity contribution in [3.05, 3.63) is 35.4 Å². The molecule has 0 aliphatic rings. The molecule has 0 unspecified atom stereocenters. The lowest BCUT2D eigenvalue weighted by atomic mass is 10.1. The fraction of sp³-hybridized carbons (Fsp3) is 0.571. The van der Waals surface area contributed by atoms with E-state index < -0.39 is 0 Å². The highest BCUT2D eigenvalue weighted by atomic mass is 16.5. The van der Waals surface area contributed by atoms with E-state index in [9.17, 15) is 0 Å². The van der Waals surface area contributed by atoms with E-state index in [0.29, 0.717) is 13.2 Å². The molecular weight excluding hydrogens is 212 g/mol. The van der Waals surface area contributed by atoms with Crippen molar-refractivity contribution in [3.8, 4) is 0 Å². The van der Waals surface area contributed by atoms with Gasteiger partial charge in [0.1, 0.15) is 0 Å². The van der Waals surface area contributed by atoms with Gasteiger partial charge in [-0.15, -0.1) is 0 Å². The third kappa shape index (κ3) is 5.82. The second-order valence-electron chi connectivity index (χ2n) is 4.42. The van der Waals surface area contributed by atoms with Crippen molar-refractivity contribution in [2.24, 2.45) is 5.73 Å². The van der Waals surface area contributed by atoms with Crippen LogP contribution in [0.5, 0.6) is 0 Å². The number of nitrogens with zero attached hydrogens (tertiary/aromatic N) is 1. The second-order valence-corrected chi connectivity index (χ2v) is 4.42. The Bertz CT molecular complexity index is 315. The predicted molar refractivity (Wildman–Crippen MR) is 72.0 cm³/mol. The maximum Gasteiger partial charge on any atom is 0.0588 e. The summed E-state index contributed by atoms with van der Waals surface area (Å²) in [6.07, 6.45) is 1.06. The Hall–Kier alpha value is -0.900. The smallest absolute Gasteiger partial charge is 0.0588 e. The Morgan fingerprint density at radius 1 is 1.24 bits per heavy atom. The molecule has 96 valence electrons. The zero-order valence-corrected chi connectivity index (χ0v) is 11.0. The molecule has 0 bridgehead atoms. The average molecular weight is 236 g/mol. The minimum Gasteiger partial charge on any atom is -0.380 e. The van der Waals surface area contributed by atoms with Crippen LogP contribution in [0.25, 0.3) is 0 Å². The van der Waals surface area contributed by atoms with Gasteiger partial charge < -0.3 is 15.4 Å². The number of nitrogens with two attached hydrogens (primary N) is 1. The van der Waals surface area contributed by atoms with Gasteiger partial charge in [-0.05, 0) is 31.5 Å². The quantitative estimate of drug-likeness (QED) is 0.699. The van der Waals surface area contributed by atoms with Crippen LogP contribution in [-0.2, 0) is 11.3 Å². The van der Waals surface area contributed by atoms with Crippen LogP contribution < -0.4 is 5.73 Å². The molecule has 0 aliphatic carbocycles. The molecule has 17 heavy (non-hydrogen) atoms. The van der Waals surface area contributed by atoms with Gasteiger partial charge in [-0.1, -0.05) is 24.3 Å². The van der Waals surface area contributed by atoms with Crippen LogP contribution in [0.4, 0.5) is 0 Å². The number of hydrogen-bond donors (Lipinski definition) is 1. The lowest BCUT2D eigenvalue weighted by molar-refractivity contribution is 0.129. The standard InChI is InChI=1S/C14H24N2O/c1-13-6-3-4-7-14(13)12-16(2)9-5-10-17-11-8-15/h3-4,6-7H,5,8-12,15H2,1-2H3. The Morgan fingerprint density at radius 3 is 2.71 bits per heavy atom. The first-order chi connectivity index (χ1) is 8.24. The van der Waals surface area contributed by atoms with Crippen molar-refractivity contribution in [1.82, 2.24) is 4.90 Å². The van der Waals surface area contributed by atoms with Gasteiger partial charge in [-0.25, -0.2) is 0 Å². The Labute approximate surface area is 105 Å². The second kappa shape index (κ2) is 8.23. The molecule has 3 nitrogen and oxygen atoms in total. The summed E-state index contributed by atoms with van der Waals surface area (Å²) in [6, 6.07) is 8.53. The van der Waals surface area contributed by atoms with E-state index in [1.54, 1.807) is 0 Å². The van der Waals surface area contributed by atoms with Gasteiger partial charge in [0.05, 0.1) is 6.61 Å².